The minimum atomic E-state index is -0.516. The maximum atomic E-state index is 13.0. The Bertz CT molecular complexity index is 772. The molecule has 1 heterocycles. The number of likely N-dealkylation sites (tertiary alicyclic amines) is 1. The summed E-state index contributed by atoms with van der Waals surface area (Å²) in [6.07, 6.45) is 1.85. The van der Waals surface area contributed by atoms with Gasteiger partial charge in [-0.15, -0.1) is 0 Å². The lowest BCUT2D eigenvalue weighted by molar-refractivity contribution is -0.125. The maximum absolute atomic E-state index is 13.0. The largest absolute Gasteiger partial charge is 0.324 e. The Labute approximate surface area is 148 Å². The van der Waals surface area contributed by atoms with Gasteiger partial charge in [-0.3, -0.25) is 14.5 Å². The first-order valence-corrected chi connectivity index (χ1v) is 8.81. The van der Waals surface area contributed by atoms with Crippen molar-refractivity contribution in [2.45, 2.75) is 32.2 Å². The van der Waals surface area contributed by atoms with Gasteiger partial charge in [0.1, 0.15) is 0 Å². The molecule has 1 amide bonds. The third kappa shape index (κ3) is 3.35. The first-order chi connectivity index (χ1) is 12.1. The van der Waals surface area contributed by atoms with Crippen LogP contribution in [-0.2, 0) is 4.79 Å². The van der Waals surface area contributed by atoms with Crippen LogP contribution in [0.15, 0.2) is 54.6 Å². The summed E-state index contributed by atoms with van der Waals surface area (Å²) in [5, 5.41) is 3.01. The van der Waals surface area contributed by atoms with E-state index in [1.165, 1.54) is 0 Å². The van der Waals surface area contributed by atoms with Crippen molar-refractivity contribution < 1.29 is 9.59 Å². The van der Waals surface area contributed by atoms with Crippen LogP contribution in [-0.4, -0.2) is 35.2 Å². The van der Waals surface area contributed by atoms with Crippen LogP contribution in [0.3, 0.4) is 0 Å². The van der Waals surface area contributed by atoms with Crippen molar-refractivity contribution >= 4 is 17.4 Å². The summed E-state index contributed by atoms with van der Waals surface area (Å²) >= 11 is 0. The molecule has 3 rings (SSSR count). The van der Waals surface area contributed by atoms with Crippen LogP contribution in [0.1, 0.15) is 42.6 Å². The van der Waals surface area contributed by atoms with Crippen LogP contribution in [0.4, 0.5) is 5.69 Å². The van der Waals surface area contributed by atoms with Gasteiger partial charge in [-0.25, -0.2) is 0 Å². The quantitative estimate of drug-likeness (QED) is 0.847. The van der Waals surface area contributed by atoms with Gasteiger partial charge in [-0.05, 0) is 45.0 Å². The van der Waals surface area contributed by atoms with Crippen molar-refractivity contribution in [3.05, 3.63) is 65.7 Å². The number of hydrogen-bond donors (Lipinski definition) is 1. The first kappa shape index (κ1) is 17.4. The molecule has 1 atom stereocenters. The molecule has 1 unspecified atom stereocenters. The number of para-hydroxylation sites is 1. The van der Waals surface area contributed by atoms with Gasteiger partial charge in [-0.1, -0.05) is 49.4 Å². The number of nitrogens with one attached hydrogen (secondary N) is 1. The van der Waals surface area contributed by atoms with Crippen molar-refractivity contribution in [2.24, 2.45) is 0 Å². The molecule has 0 bridgehead atoms. The van der Waals surface area contributed by atoms with E-state index in [-0.39, 0.29) is 11.7 Å². The molecule has 2 aromatic carbocycles. The molecule has 130 valence electrons. The first-order valence-electron chi connectivity index (χ1n) is 8.81. The van der Waals surface area contributed by atoms with Gasteiger partial charge >= 0.3 is 0 Å². The average Bonchev–Trinajstić information content (AvgIpc) is 3.04. The monoisotopic (exact) mass is 336 g/mol. The van der Waals surface area contributed by atoms with Gasteiger partial charge < -0.3 is 5.32 Å². The number of carbonyl (C=O) groups excluding carboxylic acids is 2. The van der Waals surface area contributed by atoms with E-state index in [1.807, 2.05) is 37.3 Å². The number of benzene rings is 2. The van der Waals surface area contributed by atoms with E-state index in [0.29, 0.717) is 16.8 Å². The minimum absolute atomic E-state index is 0.0415. The smallest absolute Gasteiger partial charge is 0.244 e. The highest BCUT2D eigenvalue weighted by Gasteiger charge is 2.42. The lowest BCUT2D eigenvalue weighted by Crippen LogP contribution is -2.50. The van der Waals surface area contributed by atoms with E-state index >= 15 is 0 Å². The van der Waals surface area contributed by atoms with Gasteiger partial charge in [-0.2, -0.15) is 0 Å². The Hall–Kier alpha value is -2.46. The van der Waals surface area contributed by atoms with Crippen molar-refractivity contribution in [1.82, 2.24) is 4.90 Å². The van der Waals surface area contributed by atoms with Crippen molar-refractivity contribution in [1.29, 1.82) is 0 Å². The number of anilines is 1. The lowest BCUT2D eigenvalue weighted by atomic mass is 9.96. The third-order valence-corrected chi connectivity index (χ3v) is 5.12. The van der Waals surface area contributed by atoms with Crippen LogP contribution in [0.25, 0.3) is 0 Å². The predicted octanol–water partition coefficient (Wildman–Crippen LogP) is 3.73. The van der Waals surface area contributed by atoms with E-state index in [4.69, 9.17) is 0 Å². The fourth-order valence-electron chi connectivity index (χ4n) is 3.58. The summed E-state index contributed by atoms with van der Waals surface area (Å²) in [5.41, 5.74) is 1.20. The van der Waals surface area contributed by atoms with Crippen LogP contribution in [0.5, 0.6) is 0 Å². The normalized spacial score (nSPS) is 20.4. The van der Waals surface area contributed by atoms with E-state index in [9.17, 15) is 9.59 Å². The van der Waals surface area contributed by atoms with E-state index in [0.717, 1.165) is 25.9 Å². The molecule has 1 aliphatic heterocycles. The Balaban J connectivity index is 1.87. The summed E-state index contributed by atoms with van der Waals surface area (Å²) in [4.78, 5) is 28.0. The maximum Gasteiger partial charge on any atom is 0.244 e. The molecular weight excluding hydrogens is 312 g/mol. The van der Waals surface area contributed by atoms with Crippen molar-refractivity contribution in [3.63, 3.8) is 0 Å². The number of likely N-dealkylation sites (N-methyl/N-ethyl adjacent to an activating group) is 1. The minimum Gasteiger partial charge on any atom is -0.324 e. The molecule has 0 aromatic heterocycles. The second kappa shape index (κ2) is 7.19. The molecule has 1 saturated heterocycles. The van der Waals surface area contributed by atoms with E-state index < -0.39 is 5.54 Å². The van der Waals surface area contributed by atoms with E-state index in [1.54, 1.807) is 24.3 Å². The van der Waals surface area contributed by atoms with E-state index in [2.05, 4.69) is 17.1 Å². The molecular formula is C21H24N2O2. The molecule has 4 nitrogen and oxygen atoms in total. The van der Waals surface area contributed by atoms with Crippen LogP contribution in [0.2, 0.25) is 0 Å². The molecule has 1 N–H and O–H groups in total. The Morgan fingerprint density at radius 1 is 1.08 bits per heavy atom. The number of nitrogens with zero attached hydrogens (tertiary/aromatic N) is 1. The third-order valence-electron chi connectivity index (χ3n) is 5.12. The van der Waals surface area contributed by atoms with Crippen LogP contribution >= 0.6 is 0 Å². The van der Waals surface area contributed by atoms with Gasteiger partial charge in [0.05, 0.1) is 11.2 Å². The second-order valence-corrected chi connectivity index (χ2v) is 6.65. The topological polar surface area (TPSA) is 49.4 Å². The fraction of sp³-hybridized carbons (Fsp3) is 0.333. The lowest BCUT2D eigenvalue weighted by Gasteiger charge is -2.33. The summed E-state index contributed by atoms with van der Waals surface area (Å²) in [6, 6.07) is 16.4. The van der Waals surface area contributed by atoms with Crippen molar-refractivity contribution in [2.75, 3.05) is 18.4 Å². The fourth-order valence-corrected chi connectivity index (χ4v) is 3.58. The molecule has 1 fully saturated rings. The highest BCUT2D eigenvalue weighted by atomic mass is 16.2. The molecule has 0 spiro atoms. The summed E-state index contributed by atoms with van der Waals surface area (Å²) < 4.78 is 0. The van der Waals surface area contributed by atoms with Crippen LogP contribution in [0, 0.1) is 0 Å². The Morgan fingerprint density at radius 3 is 2.48 bits per heavy atom. The summed E-state index contributed by atoms with van der Waals surface area (Å²) in [7, 11) is 0. The molecule has 0 aliphatic carbocycles. The Kier molecular flexibility index (Phi) is 5.00. The van der Waals surface area contributed by atoms with Gasteiger partial charge in [0.25, 0.3) is 0 Å². The SMILES string of the molecule is CCN1CCCC1(C)C(=O)Nc1ccccc1C(=O)c1ccccc1. The highest BCUT2D eigenvalue weighted by molar-refractivity contribution is 6.14. The number of rotatable bonds is 5. The molecule has 4 heteroatoms. The molecule has 1 aliphatic rings. The number of carbonyl (C=O) groups is 2. The zero-order chi connectivity index (χ0) is 17.9. The van der Waals surface area contributed by atoms with Gasteiger partial charge in [0, 0.05) is 11.1 Å². The van der Waals surface area contributed by atoms with Crippen LogP contribution < -0.4 is 5.32 Å². The molecule has 25 heavy (non-hydrogen) atoms. The number of amides is 1. The van der Waals surface area contributed by atoms with Gasteiger partial charge in [0.15, 0.2) is 5.78 Å². The molecule has 0 radical (unpaired) electrons. The summed E-state index contributed by atoms with van der Waals surface area (Å²) in [6.45, 7) is 5.84. The molecule has 2 aromatic rings. The number of ketones is 1. The highest BCUT2D eigenvalue weighted by Crippen LogP contribution is 2.30. The van der Waals surface area contributed by atoms with Crippen molar-refractivity contribution in [3.8, 4) is 0 Å². The van der Waals surface area contributed by atoms with Gasteiger partial charge in [0.2, 0.25) is 5.91 Å². The average molecular weight is 336 g/mol. The zero-order valence-corrected chi connectivity index (χ0v) is 14.8. The summed E-state index contributed by atoms with van der Waals surface area (Å²) in [5.74, 6) is -0.124. The predicted molar refractivity (Wildman–Crippen MR) is 99.8 cm³/mol. The zero-order valence-electron chi connectivity index (χ0n) is 14.8. The number of hydrogen-bond acceptors (Lipinski definition) is 3. The Morgan fingerprint density at radius 2 is 1.76 bits per heavy atom. The second-order valence-electron chi connectivity index (χ2n) is 6.65. The molecule has 0 saturated carbocycles. The standard InChI is InChI=1S/C21H24N2O2/c1-3-23-15-9-14-21(23,2)20(25)22-18-13-8-7-12-17(18)19(24)16-10-5-4-6-11-16/h4-8,10-13H,3,9,14-15H2,1-2H3,(H,22,25).